The van der Waals surface area contributed by atoms with E-state index in [1.807, 2.05) is 63.2 Å². The monoisotopic (exact) mass is 390 g/mol. The molecule has 5 heteroatoms. The Morgan fingerprint density at radius 1 is 1.17 bits per heavy atom. The van der Waals surface area contributed by atoms with Crippen molar-refractivity contribution in [3.63, 3.8) is 0 Å². The molecule has 2 aromatic carbocycles. The summed E-state index contributed by atoms with van der Waals surface area (Å²) in [4.78, 5) is 16.9. The zero-order valence-corrected chi connectivity index (χ0v) is 17.1. The van der Waals surface area contributed by atoms with Crippen LogP contribution in [0.5, 0.6) is 5.75 Å². The van der Waals surface area contributed by atoms with E-state index < -0.39 is 11.7 Å². The van der Waals surface area contributed by atoms with Gasteiger partial charge in [-0.1, -0.05) is 42.5 Å². The first-order valence-corrected chi connectivity index (χ1v) is 9.55. The maximum atomic E-state index is 12.4. The van der Waals surface area contributed by atoms with E-state index in [-0.39, 0.29) is 0 Å². The number of hydrogen-bond acceptors (Lipinski definition) is 4. The van der Waals surface area contributed by atoms with E-state index >= 15 is 0 Å². The number of nitrogens with zero attached hydrogens (tertiary/aromatic N) is 1. The zero-order chi connectivity index (χ0) is 20.9. The number of rotatable bonds is 6. The van der Waals surface area contributed by atoms with Gasteiger partial charge in [-0.2, -0.15) is 0 Å². The fraction of sp³-hybridized carbons (Fsp3) is 0.250. The smallest absolute Gasteiger partial charge is 0.412 e. The van der Waals surface area contributed by atoms with Crippen molar-refractivity contribution in [1.29, 1.82) is 0 Å². The third kappa shape index (κ3) is 5.35. The molecule has 1 N–H and O–H groups in total. The van der Waals surface area contributed by atoms with Crippen molar-refractivity contribution < 1.29 is 14.3 Å². The Labute approximate surface area is 171 Å². The number of carbonyl (C=O) groups is 1. The summed E-state index contributed by atoms with van der Waals surface area (Å²) in [6.07, 6.45) is 3.59. The number of amides is 1. The molecule has 0 saturated carbocycles. The summed E-state index contributed by atoms with van der Waals surface area (Å²) in [6.45, 7) is 9.74. The van der Waals surface area contributed by atoms with Gasteiger partial charge in [-0.3, -0.25) is 10.3 Å². The Morgan fingerprint density at radius 2 is 1.93 bits per heavy atom. The van der Waals surface area contributed by atoms with Gasteiger partial charge in [0.25, 0.3) is 0 Å². The second kappa shape index (κ2) is 8.78. The van der Waals surface area contributed by atoms with E-state index in [4.69, 9.17) is 9.47 Å². The van der Waals surface area contributed by atoms with Crippen molar-refractivity contribution in [1.82, 2.24) is 4.98 Å². The molecule has 0 bridgehead atoms. The number of hydrogen-bond donors (Lipinski definition) is 1. The number of benzene rings is 2. The lowest BCUT2D eigenvalue weighted by atomic mass is 10.0. The number of pyridine rings is 1. The summed E-state index contributed by atoms with van der Waals surface area (Å²) in [7, 11) is 0. The molecule has 5 nitrogen and oxygen atoms in total. The molecule has 0 aliphatic rings. The van der Waals surface area contributed by atoms with Crippen molar-refractivity contribution in [2.24, 2.45) is 0 Å². The lowest BCUT2D eigenvalue weighted by Crippen LogP contribution is -2.27. The molecular formula is C24H26N2O3. The van der Waals surface area contributed by atoms with Crippen LogP contribution in [0.1, 0.15) is 31.9 Å². The quantitative estimate of drug-likeness (QED) is 0.533. The molecule has 0 radical (unpaired) electrons. The largest absolute Gasteiger partial charge is 0.487 e. The molecule has 1 heterocycles. The number of allylic oxidation sites excluding steroid dienone is 1. The molecule has 0 atom stereocenters. The molecule has 0 aliphatic carbocycles. The molecule has 0 aliphatic heterocycles. The van der Waals surface area contributed by atoms with Gasteiger partial charge in [-0.15, -0.1) is 6.58 Å². The van der Waals surface area contributed by atoms with Gasteiger partial charge in [0.05, 0.1) is 5.69 Å². The molecule has 3 aromatic rings. The highest BCUT2D eigenvalue weighted by Gasteiger charge is 2.19. The first-order chi connectivity index (χ1) is 13.9. The summed E-state index contributed by atoms with van der Waals surface area (Å²) in [5.74, 6) is 0.600. The second-order valence-corrected chi connectivity index (χ2v) is 7.69. The van der Waals surface area contributed by atoms with Crippen LogP contribution in [0.15, 0.2) is 67.4 Å². The third-order valence-corrected chi connectivity index (χ3v) is 4.19. The summed E-state index contributed by atoms with van der Waals surface area (Å²) in [5.41, 5.74) is 2.75. The van der Waals surface area contributed by atoms with Crippen LogP contribution in [0.3, 0.4) is 0 Å². The van der Waals surface area contributed by atoms with E-state index in [2.05, 4.69) is 16.9 Å². The Kier molecular flexibility index (Phi) is 6.17. The SMILES string of the molecule is C=CCc1c(NC(=O)OC(C)(C)C)cc(OCc2ccccc2)c2ncccc12. The molecule has 0 saturated heterocycles. The number of aromatic nitrogens is 1. The second-order valence-electron chi connectivity index (χ2n) is 7.69. The van der Waals surface area contributed by atoms with Crippen LogP contribution >= 0.6 is 0 Å². The maximum absolute atomic E-state index is 12.4. The standard InChI is InChI=1S/C24H26N2O3/c1-5-10-18-19-13-9-14-25-22(19)21(28-16-17-11-7-6-8-12-17)15-20(18)26-23(27)29-24(2,3)4/h5-9,11-15H,1,10,16H2,2-4H3,(H,26,27). The van der Waals surface area contributed by atoms with Crippen LogP contribution in [0.25, 0.3) is 10.9 Å². The van der Waals surface area contributed by atoms with Gasteiger partial charge in [-0.25, -0.2) is 4.79 Å². The normalized spacial score (nSPS) is 11.1. The molecule has 150 valence electrons. The Balaban J connectivity index is 2.00. The Bertz CT molecular complexity index is 1010. The molecular weight excluding hydrogens is 364 g/mol. The van der Waals surface area contributed by atoms with Crippen molar-refractivity contribution >= 4 is 22.7 Å². The van der Waals surface area contributed by atoms with Crippen LogP contribution in [-0.2, 0) is 17.8 Å². The highest BCUT2D eigenvalue weighted by atomic mass is 16.6. The minimum absolute atomic E-state index is 0.402. The molecule has 1 amide bonds. The fourth-order valence-corrected chi connectivity index (χ4v) is 3.01. The number of carbonyl (C=O) groups excluding carboxylic acids is 1. The van der Waals surface area contributed by atoms with E-state index in [0.717, 1.165) is 22.0 Å². The molecule has 0 unspecified atom stereocenters. The van der Waals surface area contributed by atoms with Crippen LogP contribution in [0, 0.1) is 0 Å². The summed E-state index contributed by atoms with van der Waals surface area (Å²) < 4.78 is 11.5. The van der Waals surface area contributed by atoms with E-state index in [0.29, 0.717) is 24.5 Å². The van der Waals surface area contributed by atoms with Crippen LogP contribution in [0.4, 0.5) is 10.5 Å². The topological polar surface area (TPSA) is 60.5 Å². The number of anilines is 1. The summed E-state index contributed by atoms with van der Waals surface area (Å²) >= 11 is 0. The van der Waals surface area contributed by atoms with Gasteiger partial charge in [0.2, 0.25) is 0 Å². The highest BCUT2D eigenvalue weighted by Crippen LogP contribution is 2.34. The lowest BCUT2D eigenvalue weighted by Gasteiger charge is -2.21. The van der Waals surface area contributed by atoms with Crippen LogP contribution in [0.2, 0.25) is 0 Å². The number of ether oxygens (including phenoxy) is 2. The van der Waals surface area contributed by atoms with E-state index in [9.17, 15) is 4.79 Å². The third-order valence-electron chi connectivity index (χ3n) is 4.19. The summed E-state index contributed by atoms with van der Waals surface area (Å²) in [5, 5.41) is 3.77. The summed E-state index contributed by atoms with van der Waals surface area (Å²) in [6, 6.07) is 15.6. The first-order valence-electron chi connectivity index (χ1n) is 9.55. The molecule has 0 spiro atoms. The minimum Gasteiger partial charge on any atom is -0.487 e. The molecule has 29 heavy (non-hydrogen) atoms. The van der Waals surface area contributed by atoms with Crippen molar-refractivity contribution in [2.75, 3.05) is 5.32 Å². The zero-order valence-electron chi connectivity index (χ0n) is 17.1. The number of nitrogens with one attached hydrogen (secondary N) is 1. The van der Waals surface area contributed by atoms with Gasteiger partial charge in [-0.05, 0) is 44.4 Å². The molecule has 3 rings (SSSR count). The molecule has 0 fully saturated rings. The van der Waals surface area contributed by atoms with Crippen molar-refractivity contribution in [2.45, 2.75) is 39.4 Å². The average Bonchev–Trinajstić information content (AvgIpc) is 2.68. The van der Waals surface area contributed by atoms with E-state index in [1.165, 1.54) is 0 Å². The fourth-order valence-electron chi connectivity index (χ4n) is 3.01. The first kappa shape index (κ1) is 20.4. The van der Waals surface area contributed by atoms with Gasteiger partial charge in [0, 0.05) is 17.6 Å². The van der Waals surface area contributed by atoms with Gasteiger partial charge >= 0.3 is 6.09 Å². The van der Waals surface area contributed by atoms with Crippen LogP contribution in [-0.4, -0.2) is 16.7 Å². The van der Waals surface area contributed by atoms with E-state index in [1.54, 1.807) is 18.3 Å². The van der Waals surface area contributed by atoms with Crippen LogP contribution < -0.4 is 10.1 Å². The predicted octanol–water partition coefficient (Wildman–Crippen LogP) is 5.89. The predicted molar refractivity (Wildman–Crippen MR) is 116 cm³/mol. The molecule has 1 aromatic heterocycles. The van der Waals surface area contributed by atoms with Gasteiger partial charge < -0.3 is 9.47 Å². The average molecular weight is 390 g/mol. The number of fused-ring (bicyclic) bond motifs is 1. The highest BCUT2D eigenvalue weighted by molar-refractivity contribution is 5.96. The lowest BCUT2D eigenvalue weighted by molar-refractivity contribution is 0.0636. The van der Waals surface area contributed by atoms with Gasteiger partial charge in [0.15, 0.2) is 0 Å². The van der Waals surface area contributed by atoms with Crippen molar-refractivity contribution in [3.8, 4) is 5.75 Å². The minimum atomic E-state index is -0.590. The maximum Gasteiger partial charge on any atom is 0.412 e. The van der Waals surface area contributed by atoms with Gasteiger partial charge in [0.1, 0.15) is 23.5 Å². The van der Waals surface area contributed by atoms with Crippen molar-refractivity contribution in [3.05, 3.63) is 78.5 Å². The Morgan fingerprint density at radius 3 is 2.62 bits per heavy atom. The Hall–Kier alpha value is -3.34.